The van der Waals surface area contributed by atoms with Crippen LogP contribution in [0.5, 0.6) is 0 Å². The molecule has 0 spiro atoms. The van der Waals surface area contributed by atoms with Gasteiger partial charge in [0.05, 0.1) is 18.6 Å². The minimum Gasteiger partial charge on any atom is -0.283 e. The third-order valence-electron chi connectivity index (χ3n) is 5.26. The number of benzene rings is 1. The molecule has 6 heteroatoms. The van der Waals surface area contributed by atoms with Gasteiger partial charge in [-0.15, -0.1) is 5.10 Å². The van der Waals surface area contributed by atoms with E-state index < -0.39 is 0 Å². The van der Waals surface area contributed by atoms with E-state index in [0.717, 1.165) is 30.5 Å². The normalized spacial score (nSPS) is 28.8. The van der Waals surface area contributed by atoms with Crippen molar-refractivity contribution >= 4 is 5.84 Å². The molecule has 5 rings (SSSR count). The van der Waals surface area contributed by atoms with Crippen LogP contribution in [-0.2, 0) is 6.54 Å². The van der Waals surface area contributed by atoms with E-state index in [2.05, 4.69) is 44.7 Å². The van der Waals surface area contributed by atoms with Gasteiger partial charge in [0.25, 0.3) is 0 Å². The highest BCUT2D eigenvalue weighted by Crippen LogP contribution is 2.45. The van der Waals surface area contributed by atoms with Crippen LogP contribution < -0.4 is 0 Å². The zero-order valence-electron chi connectivity index (χ0n) is 13.0. The van der Waals surface area contributed by atoms with E-state index in [4.69, 9.17) is 4.99 Å². The Kier molecular flexibility index (Phi) is 3.04. The number of hydrogen-bond acceptors (Lipinski definition) is 5. The summed E-state index contributed by atoms with van der Waals surface area (Å²) in [6, 6.07) is 11.2. The van der Waals surface area contributed by atoms with E-state index >= 15 is 0 Å². The number of aliphatic imine (C=N–C) groups is 1. The van der Waals surface area contributed by atoms with E-state index in [1.165, 1.54) is 24.8 Å². The zero-order chi connectivity index (χ0) is 15.2. The number of fused-ring (bicyclic) bond motifs is 3. The van der Waals surface area contributed by atoms with E-state index in [1.54, 1.807) is 0 Å². The van der Waals surface area contributed by atoms with Gasteiger partial charge in [0.15, 0.2) is 5.82 Å². The molecule has 1 aromatic heterocycles. The molecule has 2 atom stereocenters. The number of rotatable bonds is 3. The largest absolute Gasteiger partial charge is 0.283 e. The zero-order valence-corrected chi connectivity index (χ0v) is 13.0. The van der Waals surface area contributed by atoms with E-state index in [1.807, 2.05) is 10.7 Å². The third kappa shape index (κ3) is 2.20. The lowest BCUT2D eigenvalue weighted by atomic mass is 10.0. The van der Waals surface area contributed by atoms with Gasteiger partial charge in [-0.05, 0) is 54.1 Å². The molecule has 1 saturated heterocycles. The summed E-state index contributed by atoms with van der Waals surface area (Å²) in [4.78, 5) is 7.57. The van der Waals surface area contributed by atoms with Crippen molar-refractivity contribution in [3.63, 3.8) is 0 Å². The Labute approximate surface area is 135 Å². The smallest absolute Gasteiger partial charge is 0.175 e. The van der Waals surface area contributed by atoms with Crippen molar-refractivity contribution in [1.82, 2.24) is 25.1 Å². The maximum atomic E-state index is 4.97. The molecule has 2 aromatic rings. The molecule has 2 fully saturated rings. The minimum absolute atomic E-state index is 0.381. The van der Waals surface area contributed by atoms with Crippen LogP contribution in [0, 0.1) is 5.92 Å². The molecule has 23 heavy (non-hydrogen) atoms. The van der Waals surface area contributed by atoms with Gasteiger partial charge in [-0.3, -0.25) is 9.89 Å². The lowest BCUT2D eigenvalue weighted by Gasteiger charge is -2.37. The summed E-state index contributed by atoms with van der Waals surface area (Å²) in [7, 11) is 0. The summed E-state index contributed by atoms with van der Waals surface area (Å²) < 4.78 is 1.93. The molecule has 3 aliphatic rings. The Balaban J connectivity index is 1.56. The quantitative estimate of drug-likeness (QED) is 0.871. The number of nitrogens with zero attached hydrogens (tertiary/aromatic N) is 6. The highest BCUT2D eigenvalue weighted by molar-refractivity contribution is 5.90. The van der Waals surface area contributed by atoms with Crippen LogP contribution in [0.2, 0.25) is 0 Å². The number of aromatic nitrogens is 4. The second-order valence-corrected chi connectivity index (χ2v) is 6.79. The summed E-state index contributed by atoms with van der Waals surface area (Å²) >= 11 is 0. The van der Waals surface area contributed by atoms with Gasteiger partial charge >= 0.3 is 0 Å². The second kappa shape index (κ2) is 5.23. The van der Waals surface area contributed by atoms with Gasteiger partial charge in [0, 0.05) is 0 Å². The fourth-order valence-corrected chi connectivity index (χ4v) is 4.05. The van der Waals surface area contributed by atoms with Gasteiger partial charge in [-0.2, -0.15) is 4.68 Å². The Bertz CT molecular complexity index is 733. The first-order chi connectivity index (χ1) is 11.4. The highest BCUT2D eigenvalue weighted by atomic mass is 15.6. The summed E-state index contributed by atoms with van der Waals surface area (Å²) in [5, 5.41) is 12.5. The van der Waals surface area contributed by atoms with E-state index in [9.17, 15) is 0 Å². The summed E-state index contributed by atoms with van der Waals surface area (Å²) in [6.07, 6.45) is 4.99. The predicted molar refractivity (Wildman–Crippen MR) is 86.0 cm³/mol. The number of tetrazole rings is 1. The molecular weight excluding hydrogens is 288 g/mol. The van der Waals surface area contributed by atoms with Crippen LogP contribution in [0.1, 0.15) is 43.1 Å². The van der Waals surface area contributed by atoms with Gasteiger partial charge < -0.3 is 0 Å². The van der Waals surface area contributed by atoms with Crippen molar-refractivity contribution < 1.29 is 0 Å². The Morgan fingerprint density at radius 2 is 2.00 bits per heavy atom. The molecule has 1 saturated carbocycles. The van der Waals surface area contributed by atoms with Crippen molar-refractivity contribution in [3.05, 3.63) is 41.7 Å². The molecule has 6 nitrogen and oxygen atoms in total. The van der Waals surface area contributed by atoms with E-state index in [-0.39, 0.29) is 0 Å². The molecular formula is C17H20N6. The highest BCUT2D eigenvalue weighted by Gasteiger charge is 2.49. The summed E-state index contributed by atoms with van der Waals surface area (Å²) in [5.74, 6) is 2.75. The average Bonchev–Trinajstić information content (AvgIpc) is 3.10. The average molecular weight is 308 g/mol. The molecule has 3 heterocycles. The number of hydrogen-bond donors (Lipinski definition) is 0. The van der Waals surface area contributed by atoms with Crippen LogP contribution in [0.15, 0.2) is 35.3 Å². The molecule has 0 radical (unpaired) electrons. The first-order valence-corrected chi connectivity index (χ1v) is 8.54. The van der Waals surface area contributed by atoms with Gasteiger partial charge in [-0.25, -0.2) is 0 Å². The third-order valence-corrected chi connectivity index (χ3v) is 5.26. The lowest BCUT2D eigenvalue weighted by molar-refractivity contribution is 0.180. The van der Waals surface area contributed by atoms with Gasteiger partial charge in [-0.1, -0.05) is 30.3 Å². The monoisotopic (exact) mass is 308 g/mol. The van der Waals surface area contributed by atoms with E-state index in [0.29, 0.717) is 18.6 Å². The standard InChI is InChI=1S/C17H20N6/c1-2-5-12(6-3-1)11-18-17-15(13-8-9-13)22-10-4-7-14(22)16-19-20-21-23(16)17/h1-3,5-6,13-15H,4,7-11H2/t14-,15?/m0/s1. The van der Waals surface area contributed by atoms with Crippen LogP contribution >= 0.6 is 0 Å². The maximum absolute atomic E-state index is 4.97. The molecule has 1 unspecified atom stereocenters. The van der Waals surface area contributed by atoms with Crippen molar-refractivity contribution in [2.75, 3.05) is 6.54 Å². The van der Waals surface area contributed by atoms with Crippen LogP contribution in [-0.4, -0.2) is 43.5 Å². The van der Waals surface area contributed by atoms with Crippen molar-refractivity contribution in [2.24, 2.45) is 10.9 Å². The fraction of sp³-hybridized carbons (Fsp3) is 0.529. The van der Waals surface area contributed by atoms with Crippen molar-refractivity contribution in [3.8, 4) is 0 Å². The molecule has 1 aromatic carbocycles. The summed E-state index contributed by atoms with van der Waals surface area (Å²) in [5.41, 5.74) is 1.23. The van der Waals surface area contributed by atoms with Crippen LogP contribution in [0.3, 0.4) is 0 Å². The van der Waals surface area contributed by atoms with Crippen molar-refractivity contribution in [1.29, 1.82) is 0 Å². The first-order valence-electron chi connectivity index (χ1n) is 8.54. The molecule has 1 aliphatic carbocycles. The van der Waals surface area contributed by atoms with Gasteiger partial charge in [0.2, 0.25) is 0 Å². The molecule has 0 amide bonds. The second-order valence-electron chi connectivity index (χ2n) is 6.79. The van der Waals surface area contributed by atoms with Crippen LogP contribution in [0.25, 0.3) is 0 Å². The fourth-order valence-electron chi connectivity index (χ4n) is 4.05. The molecule has 118 valence electrons. The Morgan fingerprint density at radius 1 is 1.13 bits per heavy atom. The topological polar surface area (TPSA) is 59.2 Å². The summed E-state index contributed by atoms with van der Waals surface area (Å²) in [6.45, 7) is 1.83. The Morgan fingerprint density at radius 3 is 2.83 bits per heavy atom. The minimum atomic E-state index is 0.381. The molecule has 2 aliphatic heterocycles. The lowest BCUT2D eigenvalue weighted by Crippen LogP contribution is -2.50. The van der Waals surface area contributed by atoms with Crippen LogP contribution in [0.4, 0.5) is 0 Å². The molecule has 0 N–H and O–H groups in total. The van der Waals surface area contributed by atoms with Crippen molar-refractivity contribution in [2.45, 2.75) is 44.3 Å². The maximum Gasteiger partial charge on any atom is 0.175 e. The predicted octanol–water partition coefficient (Wildman–Crippen LogP) is 2.05. The first kappa shape index (κ1) is 13.4. The Hall–Kier alpha value is -2.08. The molecule has 0 bridgehead atoms. The van der Waals surface area contributed by atoms with Gasteiger partial charge in [0.1, 0.15) is 5.84 Å². The SMILES string of the molecule is c1ccc(CN=C2C(C3CC3)N3CCC[C@H]3c3nnnn32)cc1.